The Morgan fingerprint density at radius 2 is 1.89 bits per heavy atom. The van der Waals surface area contributed by atoms with Crippen molar-refractivity contribution in [3.8, 4) is 0 Å². The van der Waals surface area contributed by atoms with Gasteiger partial charge in [0.1, 0.15) is 16.6 Å². The Hall–Kier alpha value is -2.72. The zero-order chi connectivity index (χ0) is 20.5. The summed E-state index contributed by atoms with van der Waals surface area (Å²) in [6.45, 7) is 4.73. The van der Waals surface area contributed by atoms with Crippen LogP contribution in [0.2, 0.25) is 0 Å². The van der Waals surface area contributed by atoms with Crippen LogP contribution in [0.4, 0.5) is 11.4 Å². The highest BCUT2D eigenvalue weighted by Crippen LogP contribution is 2.30. The molecule has 1 aliphatic rings. The van der Waals surface area contributed by atoms with Crippen LogP contribution in [-0.4, -0.2) is 42.3 Å². The molecule has 0 unspecified atom stereocenters. The van der Waals surface area contributed by atoms with Crippen molar-refractivity contribution in [1.82, 2.24) is 9.46 Å². The second-order valence-electron chi connectivity index (χ2n) is 6.68. The lowest BCUT2D eigenvalue weighted by Crippen LogP contribution is -2.43. The third-order valence-corrected chi connectivity index (χ3v) is 6.64. The van der Waals surface area contributed by atoms with Crippen LogP contribution in [0, 0.1) is 13.8 Å². The smallest absolute Gasteiger partial charge is 0.249 e. The maximum Gasteiger partial charge on any atom is 0.249 e. The fraction of sp³-hybridized carbons (Fsp3) is 0.389. The zero-order valence-corrected chi connectivity index (χ0v) is 16.7. The van der Waals surface area contributed by atoms with E-state index in [0.717, 1.165) is 0 Å². The number of sulfonamides is 1. The first-order valence-corrected chi connectivity index (χ1v) is 10.3. The van der Waals surface area contributed by atoms with Crippen molar-refractivity contribution in [3.05, 3.63) is 35.7 Å². The monoisotopic (exact) mass is 406 g/mol. The Labute approximate surface area is 163 Å². The summed E-state index contributed by atoms with van der Waals surface area (Å²) in [6.07, 6.45) is 0.993. The summed E-state index contributed by atoms with van der Waals surface area (Å²) in [5, 5.41) is 9.09. The van der Waals surface area contributed by atoms with Gasteiger partial charge in [-0.05, 0) is 44.9 Å². The number of aryl methyl sites for hydroxylation is 2. The van der Waals surface area contributed by atoms with E-state index >= 15 is 0 Å². The fourth-order valence-electron chi connectivity index (χ4n) is 3.35. The molecule has 1 atom stereocenters. The molecule has 0 saturated carbocycles. The number of hydrogen-bond donors (Lipinski definition) is 2. The summed E-state index contributed by atoms with van der Waals surface area (Å²) in [5.74, 6) is -0.449. The van der Waals surface area contributed by atoms with Crippen LogP contribution in [0.25, 0.3) is 0 Å². The number of nitrogens with one attached hydrogen (secondary N) is 2. The van der Waals surface area contributed by atoms with E-state index < -0.39 is 22.0 Å². The van der Waals surface area contributed by atoms with Crippen LogP contribution < -0.4 is 10.6 Å². The Morgan fingerprint density at radius 3 is 2.50 bits per heavy atom. The maximum absolute atomic E-state index is 13.1. The molecule has 1 aromatic carbocycles. The molecule has 0 radical (unpaired) electrons. The van der Waals surface area contributed by atoms with Crippen molar-refractivity contribution in [2.75, 3.05) is 17.2 Å². The fourth-order valence-corrected chi connectivity index (χ4v) is 5.30. The van der Waals surface area contributed by atoms with Gasteiger partial charge in [-0.1, -0.05) is 11.2 Å². The van der Waals surface area contributed by atoms with Gasteiger partial charge in [0.05, 0.1) is 0 Å². The molecule has 2 N–H and O–H groups in total. The van der Waals surface area contributed by atoms with E-state index in [9.17, 15) is 18.0 Å². The van der Waals surface area contributed by atoms with E-state index in [0.29, 0.717) is 24.2 Å². The Bertz CT molecular complexity index is 995. The number of nitrogens with zero attached hydrogens (tertiary/aromatic N) is 2. The molecule has 1 aliphatic heterocycles. The first-order valence-electron chi connectivity index (χ1n) is 8.83. The highest BCUT2D eigenvalue weighted by molar-refractivity contribution is 7.89. The lowest BCUT2D eigenvalue weighted by atomic mass is 10.2. The predicted molar refractivity (Wildman–Crippen MR) is 102 cm³/mol. The van der Waals surface area contributed by atoms with Gasteiger partial charge in [-0.25, -0.2) is 8.42 Å². The molecule has 1 aromatic heterocycles. The summed E-state index contributed by atoms with van der Waals surface area (Å²) >= 11 is 0. The van der Waals surface area contributed by atoms with Crippen LogP contribution >= 0.6 is 0 Å². The first kappa shape index (κ1) is 20.0. The highest BCUT2D eigenvalue weighted by atomic mass is 32.2. The third-order valence-electron chi connectivity index (χ3n) is 4.49. The van der Waals surface area contributed by atoms with Crippen LogP contribution in [0.5, 0.6) is 0 Å². The molecular formula is C18H22N4O5S. The lowest BCUT2D eigenvalue weighted by Gasteiger charge is -2.23. The predicted octanol–water partition coefficient (Wildman–Crippen LogP) is 2.04. The second kappa shape index (κ2) is 7.72. The Balaban J connectivity index is 1.81. The van der Waals surface area contributed by atoms with E-state index in [1.54, 1.807) is 31.2 Å². The van der Waals surface area contributed by atoms with Gasteiger partial charge in [0.15, 0.2) is 5.76 Å². The van der Waals surface area contributed by atoms with Gasteiger partial charge in [-0.2, -0.15) is 4.31 Å². The molecule has 2 aromatic rings. The maximum atomic E-state index is 13.1. The Morgan fingerprint density at radius 1 is 1.21 bits per heavy atom. The molecule has 1 fully saturated rings. The van der Waals surface area contributed by atoms with Gasteiger partial charge in [0.2, 0.25) is 21.8 Å². The van der Waals surface area contributed by atoms with Crippen LogP contribution in [-0.2, 0) is 19.6 Å². The molecule has 2 amide bonds. The zero-order valence-electron chi connectivity index (χ0n) is 15.9. The Kier molecular flexibility index (Phi) is 5.52. The van der Waals surface area contributed by atoms with E-state index in [1.807, 2.05) is 0 Å². The standard InChI is InChI=1S/C18H22N4O5S/c1-11-17(12(2)27-21-11)28(25,26)22-9-5-8-16(22)18(24)20-15-7-4-6-14(10-15)19-13(3)23/h4,6-7,10,16H,5,8-9H2,1-3H3,(H,19,23)(H,20,24)/t16-/m1/s1. The van der Waals surface area contributed by atoms with E-state index in [2.05, 4.69) is 15.8 Å². The van der Waals surface area contributed by atoms with Gasteiger partial charge >= 0.3 is 0 Å². The molecule has 150 valence electrons. The van der Waals surface area contributed by atoms with E-state index in [1.165, 1.54) is 18.2 Å². The van der Waals surface area contributed by atoms with Gasteiger partial charge in [0.25, 0.3) is 0 Å². The molecule has 0 bridgehead atoms. The number of aromatic nitrogens is 1. The minimum Gasteiger partial charge on any atom is -0.360 e. The van der Waals surface area contributed by atoms with Crippen LogP contribution in [0.1, 0.15) is 31.2 Å². The third kappa shape index (κ3) is 3.92. The topological polar surface area (TPSA) is 122 Å². The van der Waals surface area contributed by atoms with Gasteiger partial charge in [-0.15, -0.1) is 0 Å². The quantitative estimate of drug-likeness (QED) is 0.784. The van der Waals surface area contributed by atoms with Crippen molar-refractivity contribution < 1.29 is 22.5 Å². The molecule has 10 heteroatoms. The second-order valence-corrected chi connectivity index (χ2v) is 8.51. The minimum absolute atomic E-state index is 0.0138. The average Bonchev–Trinajstić information content (AvgIpc) is 3.22. The van der Waals surface area contributed by atoms with Crippen molar-refractivity contribution in [2.24, 2.45) is 0 Å². The normalized spacial score (nSPS) is 17.5. The van der Waals surface area contributed by atoms with Crippen molar-refractivity contribution in [3.63, 3.8) is 0 Å². The number of benzene rings is 1. The number of rotatable bonds is 5. The lowest BCUT2D eigenvalue weighted by molar-refractivity contribution is -0.119. The van der Waals surface area contributed by atoms with Gasteiger partial charge in [0, 0.05) is 24.8 Å². The molecule has 9 nitrogen and oxygen atoms in total. The molecule has 0 spiro atoms. The number of carbonyl (C=O) groups excluding carboxylic acids is 2. The molecular weight excluding hydrogens is 384 g/mol. The molecule has 3 rings (SSSR count). The summed E-state index contributed by atoms with van der Waals surface area (Å²) in [5.41, 5.74) is 1.28. The number of anilines is 2. The summed E-state index contributed by atoms with van der Waals surface area (Å²) in [6, 6.07) is 5.84. The molecule has 2 heterocycles. The molecule has 0 aliphatic carbocycles. The van der Waals surface area contributed by atoms with Crippen LogP contribution in [0.15, 0.2) is 33.7 Å². The van der Waals surface area contributed by atoms with Gasteiger partial charge < -0.3 is 15.2 Å². The van der Waals surface area contributed by atoms with Gasteiger partial charge in [-0.3, -0.25) is 9.59 Å². The van der Waals surface area contributed by atoms with E-state index in [4.69, 9.17) is 4.52 Å². The summed E-state index contributed by atoms with van der Waals surface area (Å²) in [4.78, 5) is 24.0. The number of amides is 2. The highest BCUT2D eigenvalue weighted by Gasteiger charge is 2.41. The van der Waals surface area contributed by atoms with Crippen LogP contribution in [0.3, 0.4) is 0 Å². The van der Waals surface area contributed by atoms with Crippen molar-refractivity contribution in [1.29, 1.82) is 0 Å². The number of hydrogen-bond acceptors (Lipinski definition) is 6. The summed E-state index contributed by atoms with van der Waals surface area (Å²) < 4.78 is 32.3. The largest absolute Gasteiger partial charge is 0.360 e. The van der Waals surface area contributed by atoms with Crippen molar-refractivity contribution >= 4 is 33.2 Å². The van der Waals surface area contributed by atoms with E-state index in [-0.39, 0.29) is 28.8 Å². The van der Waals surface area contributed by atoms with Crippen molar-refractivity contribution in [2.45, 2.75) is 44.6 Å². The summed E-state index contributed by atoms with van der Waals surface area (Å²) in [7, 11) is -3.91. The molecule has 1 saturated heterocycles. The number of carbonyl (C=O) groups is 2. The average molecular weight is 406 g/mol. The SMILES string of the molecule is CC(=O)Nc1cccc(NC(=O)[C@H]2CCCN2S(=O)(=O)c2c(C)noc2C)c1. The molecule has 28 heavy (non-hydrogen) atoms. The first-order chi connectivity index (χ1) is 13.2. The minimum atomic E-state index is -3.91.